The van der Waals surface area contributed by atoms with E-state index < -0.39 is 12.1 Å². The van der Waals surface area contributed by atoms with Crippen molar-refractivity contribution in [3.05, 3.63) is 95.0 Å². The summed E-state index contributed by atoms with van der Waals surface area (Å²) in [6.45, 7) is 2.02. The molecule has 0 bridgehead atoms. The summed E-state index contributed by atoms with van der Waals surface area (Å²) in [5.41, 5.74) is 3.44. The van der Waals surface area contributed by atoms with E-state index in [0.29, 0.717) is 27.3 Å². The van der Waals surface area contributed by atoms with E-state index in [1.165, 1.54) is 11.3 Å². The Kier molecular flexibility index (Phi) is 8.07. The largest absolute Gasteiger partial charge is 0.326 e. The smallest absolute Gasteiger partial charge is 0.319 e. The first-order valence-corrected chi connectivity index (χ1v) is 12.3. The van der Waals surface area contributed by atoms with E-state index in [9.17, 15) is 9.59 Å². The molecule has 1 aromatic heterocycles. The van der Waals surface area contributed by atoms with Gasteiger partial charge in [-0.25, -0.2) is 4.79 Å². The predicted molar refractivity (Wildman–Crippen MR) is 141 cm³/mol. The highest BCUT2D eigenvalue weighted by atomic mass is 35.5. The van der Waals surface area contributed by atoms with E-state index in [1.54, 1.807) is 12.1 Å². The molecular formula is C26H24ClN5O2S. The molecule has 0 saturated heterocycles. The van der Waals surface area contributed by atoms with Crippen molar-refractivity contribution in [3.8, 4) is 10.6 Å². The number of carbonyl (C=O) groups is 2. The Morgan fingerprint density at radius 1 is 0.943 bits per heavy atom. The number of urea groups is 1. The molecule has 3 aromatic carbocycles. The normalized spacial score (nSPS) is 11.5. The van der Waals surface area contributed by atoms with E-state index in [2.05, 4.69) is 26.1 Å². The summed E-state index contributed by atoms with van der Waals surface area (Å²) in [5.74, 6) is -0.387. The van der Waals surface area contributed by atoms with Crippen molar-refractivity contribution in [1.29, 1.82) is 0 Å². The highest BCUT2D eigenvalue weighted by molar-refractivity contribution is 7.18. The molecule has 0 aliphatic rings. The third kappa shape index (κ3) is 6.65. The van der Waals surface area contributed by atoms with Crippen molar-refractivity contribution in [2.75, 3.05) is 10.6 Å². The Balaban J connectivity index is 1.49. The molecule has 0 spiro atoms. The average molecular weight is 506 g/mol. The monoisotopic (exact) mass is 505 g/mol. The summed E-state index contributed by atoms with van der Waals surface area (Å²) in [6, 6.07) is 23.1. The first kappa shape index (κ1) is 24.4. The number of hydrogen-bond donors (Lipinski definition) is 3. The summed E-state index contributed by atoms with van der Waals surface area (Å²) < 4.78 is 0. The van der Waals surface area contributed by atoms with Gasteiger partial charge in [-0.3, -0.25) is 10.1 Å². The molecule has 0 radical (unpaired) electrons. The van der Waals surface area contributed by atoms with Gasteiger partial charge in [0, 0.05) is 22.7 Å². The van der Waals surface area contributed by atoms with Gasteiger partial charge in [0.15, 0.2) is 0 Å². The maximum atomic E-state index is 13.2. The van der Waals surface area contributed by atoms with E-state index in [4.69, 9.17) is 11.6 Å². The molecule has 0 aliphatic heterocycles. The fraction of sp³-hybridized carbons (Fsp3) is 0.154. The van der Waals surface area contributed by atoms with Crippen LogP contribution < -0.4 is 16.0 Å². The van der Waals surface area contributed by atoms with Gasteiger partial charge in [0.2, 0.25) is 11.0 Å². The predicted octanol–water partition coefficient (Wildman–Crippen LogP) is 5.79. The number of halogens is 1. The Bertz CT molecular complexity index is 1310. The second-order valence-electron chi connectivity index (χ2n) is 7.76. The van der Waals surface area contributed by atoms with E-state index in [-0.39, 0.29) is 5.91 Å². The van der Waals surface area contributed by atoms with Crippen molar-refractivity contribution in [2.45, 2.75) is 25.8 Å². The number of amides is 3. The molecule has 0 saturated carbocycles. The van der Waals surface area contributed by atoms with Gasteiger partial charge in [0.05, 0.1) is 0 Å². The number of anilines is 2. The van der Waals surface area contributed by atoms with Crippen LogP contribution in [-0.4, -0.2) is 28.2 Å². The maximum absolute atomic E-state index is 13.2. The second-order valence-corrected chi connectivity index (χ2v) is 9.18. The van der Waals surface area contributed by atoms with Crippen molar-refractivity contribution in [1.82, 2.24) is 15.5 Å². The maximum Gasteiger partial charge on any atom is 0.319 e. The van der Waals surface area contributed by atoms with Gasteiger partial charge in [-0.1, -0.05) is 90.5 Å². The number of aromatic nitrogens is 2. The average Bonchev–Trinajstić information content (AvgIpc) is 3.33. The zero-order valence-electron chi connectivity index (χ0n) is 19.0. The van der Waals surface area contributed by atoms with Gasteiger partial charge >= 0.3 is 6.03 Å². The third-order valence-corrected chi connectivity index (χ3v) is 6.40. The number of rotatable bonds is 8. The number of para-hydroxylation sites is 1. The van der Waals surface area contributed by atoms with Crippen LogP contribution in [0.3, 0.4) is 0 Å². The van der Waals surface area contributed by atoms with Crippen molar-refractivity contribution >= 4 is 45.7 Å². The van der Waals surface area contributed by atoms with Crippen LogP contribution in [0.4, 0.5) is 15.6 Å². The van der Waals surface area contributed by atoms with Crippen LogP contribution in [-0.2, 0) is 17.6 Å². The Labute approximate surface area is 212 Å². The van der Waals surface area contributed by atoms with Crippen LogP contribution in [0.1, 0.15) is 18.1 Å². The SMILES string of the molecule is CCc1ccccc1NC(=O)NC(Cc1ccccc1)C(=O)Nc1nnc(-c2cccc(Cl)c2)s1. The zero-order chi connectivity index (χ0) is 24.6. The highest BCUT2D eigenvalue weighted by Gasteiger charge is 2.23. The second kappa shape index (κ2) is 11.6. The first-order valence-electron chi connectivity index (χ1n) is 11.1. The minimum absolute atomic E-state index is 0.315. The zero-order valence-corrected chi connectivity index (χ0v) is 20.6. The van der Waals surface area contributed by atoms with Crippen LogP contribution in [0.5, 0.6) is 0 Å². The summed E-state index contributed by atoms with van der Waals surface area (Å²) in [7, 11) is 0. The number of carbonyl (C=O) groups excluding carboxylic acids is 2. The number of nitrogens with one attached hydrogen (secondary N) is 3. The van der Waals surface area contributed by atoms with Gasteiger partial charge in [-0.2, -0.15) is 0 Å². The molecule has 4 aromatic rings. The molecule has 0 aliphatic carbocycles. The van der Waals surface area contributed by atoms with Gasteiger partial charge in [0.25, 0.3) is 0 Å². The molecule has 0 fully saturated rings. The molecule has 3 amide bonds. The molecule has 1 heterocycles. The highest BCUT2D eigenvalue weighted by Crippen LogP contribution is 2.28. The van der Waals surface area contributed by atoms with E-state index in [0.717, 1.165) is 23.1 Å². The minimum atomic E-state index is -0.829. The fourth-order valence-electron chi connectivity index (χ4n) is 3.53. The molecular weight excluding hydrogens is 482 g/mol. The number of hydrogen-bond acceptors (Lipinski definition) is 5. The van der Waals surface area contributed by atoms with Crippen LogP contribution in [0.2, 0.25) is 5.02 Å². The summed E-state index contributed by atoms with van der Waals surface area (Å²) in [6.07, 6.45) is 1.09. The summed E-state index contributed by atoms with van der Waals surface area (Å²) >= 11 is 7.30. The van der Waals surface area contributed by atoms with Gasteiger partial charge in [0.1, 0.15) is 11.0 Å². The molecule has 1 unspecified atom stereocenters. The number of aryl methyl sites for hydroxylation is 1. The van der Waals surface area contributed by atoms with Gasteiger partial charge < -0.3 is 10.6 Å². The third-order valence-electron chi connectivity index (χ3n) is 5.28. The molecule has 4 rings (SSSR count). The standard InChI is InChI=1S/C26H24ClN5O2S/c1-2-18-11-6-7-14-21(18)28-25(34)29-22(15-17-9-4-3-5-10-17)23(33)30-26-32-31-24(35-26)19-12-8-13-20(27)16-19/h3-14,16,22H,2,15H2,1H3,(H2,28,29,34)(H,30,32,33). The Morgan fingerprint density at radius 3 is 2.49 bits per heavy atom. The van der Waals surface area contributed by atoms with Gasteiger partial charge in [-0.15, -0.1) is 10.2 Å². The van der Waals surface area contributed by atoms with Crippen LogP contribution in [0, 0.1) is 0 Å². The van der Waals surface area contributed by atoms with Crippen molar-refractivity contribution in [2.24, 2.45) is 0 Å². The van der Waals surface area contributed by atoms with Crippen LogP contribution >= 0.6 is 22.9 Å². The van der Waals surface area contributed by atoms with E-state index in [1.807, 2.05) is 73.7 Å². The topological polar surface area (TPSA) is 96.0 Å². The molecule has 178 valence electrons. The van der Waals surface area contributed by atoms with Gasteiger partial charge in [-0.05, 0) is 35.7 Å². The number of benzene rings is 3. The summed E-state index contributed by atoms with van der Waals surface area (Å²) in [4.78, 5) is 26.0. The molecule has 35 heavy (non-hydrogen) atoms. The fourth-order valence-corrected chi connectivity index (χ4v) is 4.46. The molecule has 3 N–H and O–H groups in total. The first-order chi connectivity index (χ1) is 17.0. The lowest BCUT2D eigenvalue weighted by Gasteiger charge is -2.19. The van der Waals surface area contributed by atoms with Crippen LogP contribution in [0.25, 0.3) is 10.6 Å². The molecule has 9 heteroatoms. The number of nitrogens with zero attached hydrogens (tertiary/aromatic N) is 2. The Morgan fingerprint density at radius 2 is 1.71 bits per heavy atom. The van der Waals surface area contributed by atoms with Crippen molar-refractivity contribution < 1.29 is 9.59 Å². The summed E-state index contributed by atoms with van der Waals surface area (Å²) in [5, 5.41) is 18.3. The lowest BCUT2D eigenvalue weighted by molar-refractivity contribution is -0.117. The molecule has 7 nitrogen and oxygen atoms in total. The van der Waals surface area contributed by atoms with Crippen LogP contribution in [0.15, 0.2) is 78.9 Å². The quantitative estimate of drug-likeness (QED) is 0.282. The lowest BCUT2D eigenvalue weighted by Crippen LogP contribution is -2.47. The van der Waals surface area contributed by atoms with E-state index >= 15 is 0 Å². The molecule has 1 atom stereocenters. The lowest BCUT2D eigenvalue weighted by atomic mass is 10.1. The minimum Gasteiger partial charge on any atom is -0.326 e. The Hall–Kier alpha value is -3.75. The van der Waals surface area contributed by atoms with Crippen molar-refractivity contribution in [3.63, 3.8) is 0 Å².